The van der Waals surface area contributed by atoms with Gasteiger partial charge in [0.2, 0.25) is 0 Å². The van der Waals surface area contributed by atoms with E-state index in [4.69, 9.17) is 5.26 Å². The molecule has 1 aromatic carbocycles. The van der Waals surface area contributed by atoms with Crippen LogP contribution in [0.25, 0.3) is 0 Å². The second kappa shape index (κ2) is 4.24. The largest absolute Gasteiger partial charge is 0.367 e. The summed E-state index contributed by atoms with van der Waals surface area (Å²) in [4.78, 5) is 2.31. The van der Waals surface area contributed by atoms with E-state index in [-0.39, 0.29) is 5.92 Å². The summed E-state index contributed by atoms with van der Waals surface area (Å²) in [6, 6.07) is 11.0. The topological polar surface area (TPSA) is 27.0 Å². The zero-order valence-electron chi connectivity index (χ0n) is 8.65. The first kappa shape index (κ1) is 10.5. The Labute approximate surface area is 98.6 Å². The summed E-state index contributed by atoms with van der Waals surface area (Å²) in [5, 5.41) is 8.96. The molecule has 0 N–H and O–H groups in total. The Morgan fingerprint density at radius 3 is 2.60 bits per heavy atom. The lowest BCUT2D eigenvalue weighted by Gasteiger charge is -2.24. The maximum absolute atomic E-state index is 8.96. The SMILES string of the molecule is CC1C(C#N)CCN1c1ccc(Br)cc1. The minimum Gasteiger partial charge on any atom is -0.367 e. The molecule has 2 rings (SSSR count). The Bertz CT molecular complexity index is 380. The predicted molar refractivity (Wildman–Crippen MR) is 64.7 cm³/mol. The van der Waals surface area contributed by atoms with Gasteiger partial charge in [0, 0.05) is 22.7 Å². The maximum atomic E-state index is 8.96. The molecule has 1 fully saturated rings. The van der Waals surface area contributed by atoms with Crippen molar-refractivity contribution in [3.63, 3.8) is 0 Å². The molecule has 2 atom stereocenters. The van der Waals surface area contributed by atoms with Gasteiger partial charge in [-0.05, 0) is 37.6 Å². The Balaban J connectivity index is 2.19. The lowest BCUT2D eigenvalue weighted by Crippen LogP contribution is -2.29. The quantitative estimate of drug-likeness (QED) is 0.779. The molecule has 3 heteroatoms. The summed E-state index contributed by atoms with van der Waals surface area (Å²) >= 11 is 3.42. The van der Waals surface area contributed by atoms with Crippen molar-refractivity contribution < 1.29 is 0 Å². The number of nitriles is 1. The minimum absolute atomic E-state index is 0.175. The highest BCUT2D eigenvalue weighted by Crippen LogP contribution is 2.29. The van der Waals surface area contributed by atoms with Gasteiger partial charge in [0.25, 0.3) is 0 Å². The second-order valence-corrected chi connectivity index (χ2v) is 4.85. The van der Waals surface area contributed by atoms with Crippen LogP contribution in [-0.4, -0.2) is 12.6 Å². The van der Waals surface area contributed by atoms with Crippen molar-refractivity contribution in [1.29, 1.82) is 5.26 Å². The molecule has 15 heavy (non-hydrogen) atoms. The Morgan fingerprint density at radius 2 is 2.07 bits per heavy atom. The van der Waals surface area contributed by atoms with E-state index >= 15 is 0 Å². The highest BCUT2D eigenvalue weighted by molar-refractivity contribution is 9.10. The molecule has 0 bridgehead atoms. The van der Waals surface area contributed by atoms with E-state index in [0.29, 0.717) is 6.04 Å². The van der Waals surface area contributed by atoms with Gasteiger partial charge in [-0.2, -0.15) is 5.26 Å². The monoisotopic (exact) mass is 264 g/mol. The zero-order chi connectivity index (χ0) is 10.8. The summed E-state index contributed by atoms with van der Waals surface area (Å²) in [6.07, 6.45) is 0.980. The Morgan fingerprint density at radius 1 is 1.40 bits per heavy atom. The average molecular weight is 265 g/mol. The molecule has 0 amide bonds. The van der Waals surface area contributed by atoms with Crippen molar-refractivity contribution in [3.8, 4) is 6.07 Å². The maximum Gasteiger partial charge on any atom is 0.0681 e. The van der Waals surface area contributed by atoms with Crippen molar-refractivity contribution in [2.24, 2.45) is 5.92 Å². The fourth-order valence-corrected chi connectivity index (χ4v) is 2.37. The third kappa shape index (κ3) is 2.00. The van der Waals surface area contributed by atoms with Gasteiger partial charge >= 0.3 is 0 Å². The van der Waals surface area contributed by atoms with Gasteiger partial charge in [-0.25, -0.2) is 0 Å². The molecule has 1 aliphatic heterocycles. The first-order valence-electron chi connectivity index (χ1n) is 5.14. The molecule has 1 saturated heterocycles. The molecule has 0 aromatic heterocycles. The standard InChI is InChI=1S/C12H13BrN2/c1-9-10(8-14)6-7-15(9)12-4-2-11(13)3-5-12/h2-5,9-10H,6-7H2,1H3. The van der Waals surface area contributed by atoms with Crippen LogP contribution in [0, 0.1) is 17.2 Å². The molecular formula is C12H13BrN2. The molecule has 0 radical (unpaired) electrons. The van der Waals surface area contributed by atoms with E-state index < -0.39 is 0 Å². The van der Waals surface area contributed by atoms with Crippen molar-refractivity contribution in [1.82, 2.24) is 0 Å². The summed E-state index contributed by atoms with van der Waals surface area (Å²) in [5.74, 6) is 0.175. The summed E-state index contributed by atoms with van der Waals surface area (Å²) in [6.45, 7) is 3.12. The molecule has 1 aromatic rings. The fourth-order valence-electron chi connectivity index (χ4n) is 2.11. The molecular weight excluding hydrogens is 252 g/mol. The second-order valence-electron chi connectivity index (χ2n) is 3.93. The highest BCUT2D eigenvalue weighted by Gasteiger charge is 2.30. The van der Waals surface area contributed by atoms with Crippen molar-refractivity contribution in [2.75, 3.05) is 11.4 Å². The van der Waals surface area contributed by atoms with Crippen molar-refractivity contribution >= 4 is 21.6 Å². The van der Waals surface area contributed by atoms with Gasteiger partial charge < -0.3 is 4.90 Å². The smallest absolute Gasteiger partial charge is 0.0681 e. The van der Waals surface area contributed by atoms with Gasteiger partial charge in [-0.1, -0.05) is 15.9 Å². The lowest BCUT2D eigenvalue weighted by molar-refractivity contribution is 0.615. The summed E-state index contributed by atoms with van der Waals surface area (Å²) in [7, 11) is 0. The predicted octanol–water partition coefficient (Wildman–Crippen LogP) is 3.19. The van der Waals surface area contributed by atoms with Crippen molar-refractivity contribution in [3.05, 3.63) is 28.7 Å². The highest BCUT2D eigenvalue weighted by atomic mass is 79.9. The molecule has 0 aliphatic carbocycles. The van der Waals surface area contributed by atoms with Crippen LogP contribution in [0.3, 0.4) is 0 Å². The number of hydrogen-bond acceptors (Lipinski definition) is 2. The average Bonchev–Trinajstić information content (AvgIpc) is 2.61. The van der Waals surface area contributed by atoms with Crippen LogP contribution in [0.15, 0.2) is 28.7 Å². The molecule has 1 aliphatic rings. The third-order valence-electron chi connectivity index (χ3n) is 3.08. The minimum atomic E-state index is 0.175. The van der Waals surface area contributed by atoms with Crippen LogP contribution < -0.4 is 4.90 Å². The number of rotatable bonds is 1. The molecule has 78 valence electrons. The third-order valence-corrected chi connectivity index (χ3v) is 3.61. The zero-order valence-corrected chi connectivity index (χ0v) is 10.2. The van der Waals surface area contributed by atoms with E-state index in [0.717, 1.165) is 17.4 Å². The van der Waals surface area contributed by atoms with Crippen LogP contribution in [-0.2, 0) is 0 Å². The summed E-state index contributed by atoms with van der Waals surface area (Å²) < 4.78 is 1.09. The van der Waals surface area contributed by atoms with Crippen LogP contribution in [0.2, 0.25) is 0 Å². The van der Waals surface area contributed by atoms with E-state index in [1.807, 2.05) is 12.1 Å². The number of nitrogens with zero attached hydrogens (tertiary/aromatic N) is 2. The first-order chi connectivity index (χ1) is 7.22. The van der Waals surface area contributed by atoms with Gasteiger partial charge in [-0.3, -0.25) is 0 Å². The molecule has 2 unspecified atom stereocenters. The van der Waals surface area contributed by atoms with E-state index in [2.05, 4.69) is 46.0 Å². The Hall–Kier alpha value is -1.01. The Kier molecular flexibility index (Phi) is 2.97. The molecule has 0 saturated carbocycles. The first-order valence-corrected chi connectivity index (χ1v) is 5.93. The van der Waals surface area contributed by atoms with Crippen LogP contribution >= 0.6 is 15.9 Å². The van der Waals surface area contributed by atoms with Gasteiger partial charge in [0.1, 0.15) is 0 Å². The van der Waals surface area contributed by atoms with E-state index in [1.54, 1.807) is 0 Å². The van der Waals surface area contributed by atoms with Gasteiger partial charge in [-0.15, -0.1) is 0 Å². The normalized spacial score (nSPS) is 25.3. The van der Waals surface area contributed by atoms with E-state index in [1.165, 1.54) is 5.69 Å². The molecule has 1 heterocycles. The van der Waals surface area contributed by atoms with E-state index in [9.17, 15) is 0 Å². The fraction of sp³-hybridized carbons (Fsp3) is 0.417. The number of benzene rings is 1. The number of halogens is 1. The van der Waals surface area contributed by atoms with Gasteiger partial charge in [0.05, 0.1) is 12.0 Å². The van der Waals surface area contributed by atoms with Crippen LogP contribution in [0.4, 0.5) is 5.69 Å². The summed E-state index contributed by atoms with van der Waals surface area (Å²) in [5.41, 5.74) is 1.21. The number of anilines is 1. The van der Waals surface area contributed by atoms with Gasteiger partial charge in [0.15, 0.2) is 0 Å². The van der Waals surface area contributed by atoms with Crippen LogP contribution in [0.5, 0.6) is 0 Å². The van der Waals surface area contributed by atoms with Crippen molar-refractivity contribution in [2.45, 2.75) is 19.4 Å². The molecule has 0 spiro atoms. The lowest BCUT2D eigenvalue weighted by atomic mass is 10.0. The number of hydrogen-bond donors (Lipinski definition) is 0. The van der Waals surface area contributed by atoms with Crippen LogP contribution in [0.1, 0.15) is 13.3 Å². The molecule has 2 nitrogen and oxygen atoms in total.